The molecule has 1 amide bonds. The number of carbonyl (C=O) groups excluding carboxylic acids is 1. The highest BCUT2D eigenvalue weighted by atomic mass is 35.5. The number of halogens is 1. The van der Waals surface area contributed by atoms with Gasteiger partial charge in [0.1, 0.15) is 6.04 Å². The molecule has 5 heteroatoms. The molecule has 4 nitrogen and oxygen atoms in total. The summed E-state index contributed by atoms with van der Waals surface area (Å²) in [6.45, 7) is 0.545. The van der Waals surface area contributed by atoms with Crippen LogP contribution in [0.25, 0.3) is 0 Å². The van der Waals surface area contributed by atoms with Crippen molar-refractivity contribution in [3.05, 3.63) is 70.7 Å². The van der Waals surface area contributed by atoms with Crippen molar-refractivity contribution >= 4 is 17.5 Å². The molecule has 2 aromatic carbocycles. The molecule has 22 heavy (non-hydrogen) atoms. The second-order valence-electron chi connectivity index (χ2n) is 5.38. The van der Waals surface area contributed by atoms with Crippen LogP contribution in [0.5, 0.6) is 0 Å². The molecule has 1 fully saturated rings. The fraction of sp³-hybridized carbons (Fsp3) is 0.235. The van der Waals surface area contributed by atoms with E-state index in [1.165, 1.54) is 0 Å². The van der Waals surface area contributed by atoms with Crippen molar-refractivity contribution in [1.82, 2.24) is 16.2 Å². The summed E-state index contributed by atoms with van der Waals surface area (Å²) in [6.07, 6.45) is 0.711. The van der Waals surface area contributed by atoms with Crippen LogP contribution in [0.1, 0.15) is 23.6 Å². The second-order valence-corrected chi connectivity index (χ2v) is 5.82. The molecule has 1 aliphatic rings. The molecule has 1 saturated heterocycles. The lowest BCUT2D eigenvalue weighted by Crippen LogP contribution is -2.42. The van der Waals surface area contributed by atoms with Crippen molar-refractivity contribution in [2.45, 2.75) is 25.0 Å². The summed E-state index contributed by atoms with van der Waals surface area (Å²) in [5.74, 6) is 0.00724. The highest BCUT2D eigenvalue weighted by molar-refractivity contribution is 6.30. The Balaban J connectivity index is 1.53. The maximum absolute atomic E-state index is 12.2. The third-order valence-electron chi connectivity index (χ3n) is 3.80. The zero-order chi connectivity index (χ0) is 15.4. The summed E-state index contributed by atoms with van der Waals surface area (Å²) in [5, 5.41) is 3.67. The Hall–Kier alpha value is -1.88. The molecule has 0 aliphatic carbocycles. The van der Waals surface area contributed by atoms with E-state index in [4.69, 9.17) is 11.6 Å². The van der Waals surface area contributed by atoms with Gasteiger partial charge in [0, 0.05) is 17.6 Å². The first-order chi connectivity index (χ1) is 10.7. The minimum atomic E-state index is -0.232. The number of amides is 1. The van der Waals surface area contributed by atoms with Gasteiger partial charge in [-0.15, -0.1) is 0 Å². The zero-order valence-electron chi connectivity index (χ0n) is 12.1. The van der Waals surface area contributed by atoms with Crippen LogP contribution < -0.4 is 16.2 Å². The molecule has 0 bridgehead atoms. The molecule has 2 atom stereocenters. The zero-order valence-corrected chi connectivity index (χ0v) is 12.8. The Kier molecular flexibility index (Phi) is 4.73. The third kappa shape index (κ3) is 3.65. The molecule has 1 heterocycles. The maximum Gasteiger partial charge on any atom is 0.238 e. The summed E-state index contributed by atoms with van der Waals surface area (Å²) in [6, 6.07) is 17.5. The Bertz CT molecular complexity index is 630. The number of hydrogen-bond donors (Lipinski definition) is 3. The minimum absolute atomic E-state index is 0.00724. The van der Waals surface area contributed by atoms with Gasteiger partial charge in [0.2, 0.25) is 5.91 Å². The van der Waals surface area contributed by atoms with Gasteiger partial charge in [-0.2, -0.15) is 0 Å². The minimum Gasteiger partial charge on any atom is -0.351 e. The molecule has 2 aromatic rings. The predicted molar refractivity (Wildman–Crippen MR) is 87.2 cm³/mol. The highest BCUT2D eigenvalue weighted by Gasteiger charge is 2.29. The van der Waals surface area contributed by atoms with Gasteiger partial charge in [-0.1, -0.05) is 54.1 Å². The smallest absolute Gasteiger partial charge is 0.238 e. The summed E-state index contributed by atoms with van der Waals surface area (Å²) in [7, 11) is 0. The third-order valence-corrected chi connectivity index (χ3v) is 4.05. The molecule has 3 rings (SSSR count). The van der Waals surface area contributed by atoms with E-state index in [9.17, 15) is 4.79 Å². The number of hydrogen-bond acceptors (Lipinski definition) is 3. The van der Waals surface area contributed by atoms with Crippen LogP contribution in [-0.2, 0) is 11.3 Å². The van der Waals surface area contributed by atoms with E-state index in [1.807, 2.05) is 54.6 Å². The average molecular weight is 316 g/mol. The molecule has 0 radical (unpaired) electrons. The molecule has 1 aliphatic heterocycles. The summed E-state index contributed by atoms with van der Waals surface area (Å²) < 4.78 is 0. The van der Waals surface area contributed by atoms with Crippen molar-refractivity contribution in [2.24, 2.45) is 0 Å². The normalized spacial score (nSPS) is 20.8. The van der Waals surface area contributed by atoms with Gasteiger partial charge in [-0.3, -0.25) is 4.79 Å². The molecule has 0 aromatic heterocycles. The first kappa shape index (κ1) is 15.0. The molecule has 0 spiro atoms. The standard InChI is InChI=1S/C17H18ClN3O/c18-14-8-6-13(7-9-14)15-10-16(21-20-15)17(22)19-11-12-4-2-1-3-5-12/h1-9,15-16,20-21H,10-11H2,(H,19,22). The van der Waals surface area contributed by atoms with Crippen molar-refractivity contribution in [2.75, 3.05) is 0 Å². The van der Waals surface area contributed by atoms with Crippen LogP contribution in [0.15, 0.2) is 54.6 Å². The van der Waals surface area contributed by atoms with Crippen LogP contribution in [0.3, 0.4) is 0 Å². The van der Waals surface area contributed by atoms with Crippen LogP contribution in [0.2, 0.25) is 5.02 Å². The number of carbonyl (C=O) groups is 1. The number of rotatable bonds is 4. The molecule has 0 saturated carbocycles. The van der Waals surface area contributed by atoms with E-state index in [0.29, 0.717) is 18.0 Å². The quantitative estimate of drug-likeness (QED) is 0.813. The van der Waals surface area contributed by atoms with E-state index in [1.54, 1.807) is 0 Å². The number of benzene rings is 2. The molecule has 114 valence electrons. The second kappa shape index (κ2) is 6.92. The number of nitrogens with one attached hydrogen (secondary N) is 3. The van der Waals surface area contributed by atoms with Crippen LogP contribution in [0.4, 0.5) is 0 Å². The van der Waals surface area contributed by atoms with E-state index < -0.39 is 0 Å². The van der Waals surface area contributed by atoms with Crippen molar-refractivity contribution in [1.29, 1.82) is 0 Å². The average Bonchev–Trinajstić information content (AvgIpc) is 3.04. The topological polar surface area (TPSA) is 53.2 Å². The molecule has 2 unspecified atom stereocenters. The van der Waals surface area contributed by atoms with Crippen LogP contribution >= 0.6 is 11.6 Å². The maximum atomic E-state index is 12.2. The fourth-order valence-corrected chi connectivity index (χ4v) is 2.68. The summed E-state index contributed by atoms with van der Waals surface area (Å²) in [5.41, 5.74) is 8.44. The Morgan fingerprint density at radius 3 is 2.55 bits per heavy atom. The van der Waals surface area contributed by atoms with Crippen LogP contribution in [-0.4, -0.2) is 11.9 Å². The van der Waals surface area contributed by atoms with Gasteiger partial charge < -0.3 is 5.32 Å². The summed E-state index contributed by atoms with van der Waals surface area (Å²) in [4.78, 5) is 12.2. The lowest BCUT2D eigenvalue weighted by molar-refractivity contribution is -0.123. The Morgan fingerprint density at radius 1 is 1.09 bits per heavy atom. The predicted octanol–water partition coefficient (Wildman–Crippen LogP) is 2.56. The fourth-order valence-electron chi connectivity index (χ4n) is 2.55. The van der Waals surface area contributed by atoms with Gasteiger partial charge in [0.05, 0.1) is 0 Å². The van der Waals surface area contributed by atoms with Gasteiger partial charge in [-0.25, -0.2) is 10.9 Å². The van der Waals surface area contributed by atoms with Crippen molar-refractivity contribution in [3.63, 3.8) is 0 Å². The van der Waals surface area contributed by atoms with E-state index in [2.05, 4.69) is 16.2 Å². The largest absolute Gasteiger partial charge is 0.351 e. The Labute approximate surface area is 134 Å². The van der Waals surface area contributed by atoms with Crippen molar-refractivity contribution < 1.29 is 4.79 Å². The van der Waals surface area contributed by atoms with E-state index >= 15 is 0 Å². The SMILES string of the molecule is O=C(NCc1ccccc1)C1CC(c2ccc(Cl)cc2)NN1. The lowest BCUT2D eigenvalue weighted by atomic mass is 10.0. The molecular weight excluding hydrogens is 298 g/mol. The monoisotopic (exact) mass is 315 g/mol. The highest BCUT2D eigenvalue weighted by Crippen LogP contribution is 2.23. The summed E-state index contributed by atoms with van der Waals surface area (Å²) >= 11 is 5.90. The van der Waals surface area contributed by atoms with Gasteiger partial charge >= 0.3 is 0 Å². The van der Waals surface area contributed by atoms with Gasteiger partial charge in [0.15, 0.2) is 0 Å². The molecular formula is C17H18ClN3O. The van der Waals surface area contributed by atoms with Crippen LogP contribution in [0, 0.1) is 0 Å². The lowest BCUT2D eigenvalue weighted by Gasteiger charge is -2.11. The van der Waals surface area contributed by atoms with E-state index in [0.717, 1.165) is 11.1 Å². The molecule has 3 N–H and O–H groups in total. The van der Waals surface area contributed by atoms with E-state index in [-0.39, 0.29) is 18.0 Å². The first-order valence-electron chi connectivity index (χ1n) is 7.30. The van der Waals surface area contributed by atoms with Crippen molar-refractivity contribution in [3.8, 4) is 0 Å². The van der Waals surface area contributed by atoms with Gasteiger partial charge in [0.25, 0.3) is 0 Å². The Morgan fingerprint density at radius 2 is 1.82 bits per heavy atom. The number of hydrazine groups is 1. The first-order valence-corrected chi connectivity index (χ1v) is 7.68. The van der Waals surface area contributed by atoms with Gasteiger partial charge in [-0.05, 0) is 29.7 Å².